The smallest absolute Gasteiger partial charge is 0.305 e. The van der Waals surface area contributed by atoms with Crippen molar-refractivity contribution in [2.45, 2.75) is 83.1 Å². The Hall–Kier alpha value is -1.91. The van der Waals surface area contributed by atoms with Gasteiger partial charge in [0.1, 0.15) is 5.75 Å². The minimum atomic E-state index is -0.0519. The number of methoxy groups -OCH3 is 1. The Morgan fingerprint density at radius 1 is 1.10 bits per heavy atom. The van der Waals surface area contributed by atoms with E-state index in [0.29, 0.717) is 19.6 Å². The van der Waals surface area contributed by atoms with Crippen molar-refractivity contribution in [1.29, 1.82) is 0 Å². The number of carbonyl (C=O) groups excluding carboxylic acids is 1. The Balaban J connectivity index is 1.26. The van der Waals surface area contributed by atoms with E-state index < -0.39 is 0 Å². The molecule has 0 radical (unpaired) electrons. The van der Waals surface area contributed by atoms with Crippen molar-refractivity contribution >= 4 is 5.97 Å². The van der Waals surface area contributed by atoms with Gasteiger partial charge in [0.05, 0.1) is 13.7 Å². The minimum Gasteiger partial charge on any atom is -0.497 e. The zero-order chi connectivity index (χ0) is 20.5. The van der Waals surface area contributed by atoms with Crippen LogP contribution in [0.15, 0.2) is 18.2 Å². The number of fused-ring (bicyclic) bond motifs is 1. The molecule has 1 saturated carbocycles. The first-order chi connectivity index (χ1) is 14.2. The summed E-state index contributed by atoms with van der Waals surface area (Å²) in [5.74, 6) is 1.63. The Labute approximate surface area is 174 Å². The van der Waals surface area contributed by atoms with Gasteiger partial charge in [-0.15, -0.1) is 0 Å². The van der Waals surface area contributed by atoms with Crippen LogP contribution >= 0.6 is 0 Å². The lowest BCUT2D eigenvalue weighted by Gasteiger charge is -2.20. The molecule has 1 aromatic carbocycles. The maximum absolute atomic E-state index is 12.7. The van der Waals surface area contributed by atoms with E-state index in [2.05, 4.69) is 12.1 Å². The first-order valence-electron chi connectivity index (χ1n) is 11.4. The van der Waals surface area contributed by atoms with Crippen LogP contribution in [0.25, 0.3) is 0 Å². The third-order valence-electron chi connectivity index (χ3n) is 6.23. The third kappa shape index (κ3) is 7.13. The average Bonchev–Trinajstić information content (AvgIpc) is 3.56. The molecule has 0 heterocycles. The lowest BCUT2D eigenvalue weighted by atomic mass is 9.87. The van der Waals surface area contributed by atoms with Crippen LogP contribution in [0, 0.1) is 10.8 Å². The maximum atomic E-state index is 12.7. The molecule has 0 amide bonds. The number of aryl methyl sites for hydroxylation is 1. The molecule has 2 aliphatic carbocycles. The molecule has 5 heteroatoms. The zero-order valence-corrected chi connectivity index (χ0v) is 17.9. The Morgan fingerprint density at radius 3 is 2.69 bits per heavy atom. The number of rotatable bonds is 13. The van der Waals surface area contributed by atoms with Crippen LogP contribution in [0.3, 0.4) is 0 Å². The van der Waals surface area contributed by atoms with Crippen LogP contribution in [0.5, 0.6) is 5.75 Å². The van der Waals surface area contributed by atoms with Crippen LogP contribution in [-0.4, -0.2) is 31.0 Å². The number of esters is 1. The number of nitrogens with zero attached hydrogens (tertiary/aromatic N) is 1. The molecular weight excluding hydrogens is 366 g/mol. The quantitative estimate of drug-likeness (QED) is 0.247. The van der Waals surface area contributed by atoms with Crippen molar-refractivity contribution in [3.05, 3.63) is 34.2 Å². The Kier molecular flexibility index (Phi) is 8.51. The second kappa shape index (κ2) is 11.3. The predicted molar refractivity (Wildman–Crippen MR) is 113 cm³/mol. The fourth-order valence-corrected chi connectivity index (χ4v) is 4.23. The summed E-state index contributed by atoms with van der Waals surface area (Å²) < 4.78 is 11.9. The molecule has 0 aliphatic heterocycles. The van der Waals surface area contributed by atoms with Crippen LogP contribution in [0.4, 0.5) is 0 Å². The molecule has 29 heavy (non-hydrogen) atoms. The summed E-state index contributed by atoms with van der Waals surface area (Å²) in [5, 5.41) is 0. The normalized spacial score (nSPS) is 18.2. The van der Waals surface area contributed by atoms with Gasteiger partial charge in [0.15, 0.2) is 6.54 Å². The van der Waals surface area contributed by atoms with E-state index in [9.17, 15) is 9.70 Å². The highest BCUT2D eigenvalue weighted by molar-refractivity contribution is 5.69. The van der Waals surface area contributed by atoms with E-state index in [1.807, 2.05) is 6.07 Å². The van der Waals surface area contributed by atoms with Gasteiger partial charge in [-0.05, 0) is 61.8 Å². The van der Waals surface area contributed by atoms with E-state index in [1.165, 1.54) is 28.7 Å². The van der Waals surface area contributed by atoms with E-state index in [4.69, 9.17) is 9.47 Å². The van der Waals surface area contributed by atoms with Gasteiger partial charge in [0.2, 0.25) is 6.04 Å². The standard InChI is InChI=1S/C24H36NO4/c1-28-21-13-14-22-20(18-21)8-7-9-23(22)25(27)16-6-4-2-3-5-10-24(26)29-17-15-19-11-12-19/h13-14,18-19,23H,2-12,15-17H2,1H3/q+1. The van der Waals surface area contributed by atoms with E-state index >= 15 is 0 Å². The van der Waals surface area contributed by atoms with Gasteiger partial charge in [0.25, 0.3) is 0 Å². The monoisotopic (exact) mass is 402 g/mol. The van der Waals surface area contributed by atoms with Gasteiger partial charge < -0.3 is 9.47 Å². The van der Waals surface area contributed by atoms with Crippen molar-refractivity contribution in [2.75, 3.05) is 20.3 Å². The number of nitroso groups, excluding NO2 is 1. The first-order valence-corrected chi connectivity index (χ1v) is 11.4. The Bertz CT molecular complexity index is 683. The number of hydrogen-bond donors (Lipinski definition) is 0. The lowest BCUT2D eigenvalue weighted by molar-refractivity contribution is -0.594. The van der Waals surface area contributed by atoms with Crippen LogP contribution in [0.2, 0.25) is 0 Å². The summed E-state index contributed by atoms with van der Waals surface area (Å²) >= 11 is 0. The van der Waals surface area contributed by atoms with E-state index in [-0.39, 0.29) is 12.0 Å². The molecule has 0 N–H and O–H groups in total. The number of unbranched alkanes of at least 4 members (excludes halogenated alkanes) is 4. The van der Waals surface area contributed by atoms with Gasteiger partial charge in [-0.25, -0.2) is 0 Å². The van der Waals surface area contributed by atoms with Gasteiger partial charge in [-0.2, -0.15) is 0 Å². The van der Waals surface area contributed by atoms with Gasteiger partial charge in [-0.3, -0.25) is 4.79 Å². The van der Waals surface area contributed by atoms with Gasteiger partial charge in [0, 0.05) is 34.5 Å². The molecule has 3 rings (SSSR count). The lowest BCUT2D eigenvalue weighted by Crippen LogP contribution is -2.22. The van der Waals surface area contributed by atoms with Crippen LogP contribution in [0.1, 0.15) is 87.8 Å². The summed E-state index contributed by atoms with van der Waals surface area (Å²) in [4.78, 5) is 24.3. The highest BCUT2D eigenvalue weighted by Crippen LogP contribution is 2.34. The molecule has 0 bridgehead atoms. The zero-order valence-electron chi connectivity index (χ0n) is 17.9. The number of benzene rings is 1. The molecule has 160 valence electrons. The predicted octanol–water partition coefficient (Wildman–Crippen LogP) is 5.54. The highest BCUT2D eigenvalue weighted by Gasteiger charge is 2.31. The van der Waals surface area contributed by atoms with Crippen molar-refractivity contribution < 1.29 is 19.0 Å². The molecular formula is C24H36NO4+. The molecule has 1 atom stereocenters. The van der Waals surface area contributed by atoms with Crippen LogP contribution < -0.4 is 4.74 Å². The largest absolute Gasteiger partial charge is 0.497 e. The van der Waals surface area contributed by atoms with Crippen molar-refractivity contribution in [3.8, 4) is 5.75 Å². The molecule has 0 spiro atoms. The number of carbonyl (C=O) groups is 1. The summed E-state index contributed by atoms with van der Waals surface area (Å²) in [6.45, 7) is 1.18. The Morgan fingerprint density at radius 2 is 1.90 bits per heavy atom. The van der Waals surface area contributed by atoms with Gasteiger partial charge >= 0.3 is 5.97 Å². The van der Waals surface area contributed by atoms with Crippen molar-refractivity contribution in [1.82, 2.24) is 0 Å². The minimum absolute atomic E-state index is 0.0185. The van der Waals surface area contributed by atoms with Crippen molar-refractivity contribution in [3.63, 3.8) is 0 Å². The second-order valence-corrected chi connectivity index (χ2v) is 8.58. The van der Waals surface area contributed by atoms with E-state index in [1.54, 1.807) is 7.11 Å². The van der Waals surface area contributed by atoms with Gasteiger partial charge in [-0.1, -0.05) is 25.7 Å². The third-order valence-corrected chi connectivity index (χ3v) is 6.23. The molecule has 1 unspecified atom stereocenters. The number of ether oxygens (including phenoxy) is 2. The summed E-state index contributed by atoms with van der Waals surface area (Å²) in [7, 11) is 1.68. The molecule has 2 aliphatic rings. The SMILES string of the molecule is COc1ccc2c(c1)CCCC2[N+](=O)CCCCCCCC(=O)OCCC1CC1. The highest BCUT2D eigenvalue weighted by atomic mass is 16.5. The summed E-state index contributed by atoms with van der Waals surface area (Å²) in [5.41, 5.74) is 2.43. The first kappa shape index (κ1) is 21.8. The molecule has 5 nitrogen and oxygen atoms in total. The van der Waals surface area contributed by atoms with Crippen LogP contribution in [-0.2, 0) is 16.0 Å². The fourth-order valence-electron chi connectivity index (χ4n) is 4.23. The van der Waals surface area contributed by atoms with E-state index in [0.717, 1.165) is 69.5 Å². The molecule has 0 aromatic heterocycles. The topological polar surface area (TPSA) is 55.6 Å². The summed E-state index contributed by atoms with van der Waals surface area (Å²) in [6, 6.07) is 6.08. The molecule has 1 aromatic rings. The maximum Gasteiger partial charge on any atom is 0.305 e. The van der Waals surface area contributed by atoms with Crippen molar-refractivity contribution in [2.24, 2.45) is 5.92 Å². The average molecular weight is 403 g/mol. The number of hydrogen-bond acceptors (Lipinski definition) is 4. The molecule has 0 saturated heterocycles. The molecule has 1 fully saturated rings. The fraction of sp³-hybridized carbons (Fsp3) is 0.708. The summed E-state index contributed by atoms with van der Waals surface area (Å²) in [6.07, 6.45) is 12.1. The second-order valence-electron chi connectivity index (χ2n) is 8.58.